The normalized spacial score (nSPS) is 33.2. The van der Waals surface area contributed by atoms with Crippen LogP contribution in [0.3, 0.4) is 0 Å². The molecule has 68 valence electrons. The molecule has 0 saturated carbocycles. The minimum atomic E-state index is -0.688. The lowest BCUT2D eigenvalue weighted by Gasteiger charge is -2.19. The third-order valence-electron chi connectivity index (χ3n) is 2.26. The highest BCUT2D eigenvalue weighted by Crippen LogP contribution is 2.14. The number of hydrogen-bond donors (Lipinski definition) is 2. The highest BCUT2D eigenvalue weighted by Gasteiger charge is 2.32. The Morgan fingerprint density at radius 3 is 2.33 bits per heavy atom. The summed E-state index contributed by atoms with van der Waals surface area (Å²) in [7, 11) is 0. The SMILES string of the molecule is CCC(C#N)N1CC(O)C(O)C1. The maximum atomic E-state index is 9.21. The summed E-state index contributed by atoms with van der Waals surface area (Å²) in [5, 5.41) is 27.1. The molecule has 0 aliphatic carbocycles. The van der Waals surface area contributed by atoms with E-state index >= 15 is 0 Å². The van der Waals surface area contributed by atoms with Crippen LogP contribution in [0.25, 0.3) is 0 Å². The largest absolute Gasteiger partial charge is 0.389 e. The van der Waals surface area contributed by atoms with Crippen molar-refractivity contribution in [3.05, 3.63) is 0 Å². The summed E-state index contributed by atoms with van der Waals surface area (Å²) in [6.45, 7) is 2.74. The second kappa shape index (κ2) is 3.85. The molecule has 4 heteroatoms. The molecule has 3 unspecified atom stereocenters. The quantitative estimate of drug-likeness (QED) is 0.576. The minimum Gasteiger partial charge on any atom is -0.389 e. The van der Waals surface area contributed by atoms with Crippen LogP contribution in [0, 0.1) is 11.3 Å². The van der Waals surface area contributed by atoms with Crippen LogP contribution in [0.4, 0.5) is 0 Å². The molecule has 1 saturated heterocycles. The van der Waals surface area contributed by atoms with Crippen LogP contribution in [-0.4, -0.2) is 46.5 Å². The van der Waals surface area contributed by atoms with Crippen molar-refractivity contribution in [3.63, 3.8) is 0 Å². The average molecular weight is 170 g/mol. The Kier molecular flexibility index (Phi) is 3.04. The van der Waals surface area contributed by atoms with E-state index in [1.165, 1.54) is 0 Å². The van der Waals surface area contributed by atoms with E-state index in [-0.39, 0.29) is 6.04 Å². The van der Waals surface area contributed by atoms with E-state index in [0.717, 1.165) is 6.42 Å². The second-order valence-electron chi connectivity index (χ2n) is 3.14. The Bertz CT molecular complexity index is 180. The van der Waals surface area contributed by atoms with Crippen LogP contribution in [0.15, 0.2) is 0 Å². The molecule has 1 fully saturated rings. The molecule has 1 rings (SSSR count). The first-order valence-corrected chi connectivity index (χ1v) is 4.18. The van der Waals surface area contributed by atoms with E-state index in [0.29, 0.717) is 13.1 Å². The molecular formula is C8H14N2O2. The van der Waals surface area contributed by atoms with Crippen molar-refractivity contribution < 1.29 is 10.2 Å². The van der Waals surface area contributed by atoms with Crippen molar-refractivity contribution in [1.82, 2.24) is 4.90 Å². The van der Waals surface area contributed by atoms with Gasteiger partial charge in [-0.05, 0) is 6.42 Å². The van der Waals surface area contributed by atoms with Gasteiger partial charge >= 0.3 is 0 Å². The summed E-state index contributed by atoms with van der Waals surface area (Å²) in [6, 6.07) is 1.97. The molecule has 12 heavy (non-hydrogen) atoms. The summed E-state index contributed by atoms with van der Waals surface area (Å²) in [5.41, 5.74) is 0. The lowest BCUT2D eigenvalue weighted by Crippen LogP contribution is -2.32. The van der Waals surface area contributed by atoms with Gasteiger partial charge in [0.15, 0.2) is 0 Å². The Morgan fingerprint density at radius 2 is 2.00 bits per heavy atom. The van der Waals surface area contributed by atoms with Crippen LogP contribution in [0.5, 0.6) is 0 Å². The third kappa shape index (κ3) is 1.75. The third-order valence-corrected chi connectivity index (χ3v) is 2.26. The topological polar surface area (TPSA) is 67.5 Å². The van der Waals surface area contributed by atoms with E-state index < -0.39 is 12.2 Å². The number of nitriles is 1. The predicted molar refractivity (Wildman–Crippen MR) is 43.3 cm³/mol. The summed E-state index contributed by atoms with van der Waals surface area (Å²) in [6.07, 6.45) is -0.643. The molecule has 1 heterocycles. The highest BCUT2D eigenvalue weighted by molar-refractivity contribution is 4.96. The van der Waals surface area contributed by atoms with E-state index in [9.17, 15) is 10.2 Å². The summed E-state index contributed by atoms with van der Waals surface area (Å²) < 4.78 is 0. The number of rotatable bonds is 2. The molecule has 3 atom stereocenters. The smallest absolute Gasteiger partial charge is 0.0977 e. The van der Waals surface area contributed by atoms with Crippen LogP contribution < -0.4 is 0 Å². The number of β-amino-alcohol motifs (C(OH)–C–C–N with tert-alkyl or cyclic N) is 2. The van der Waals surface area contributed by atoms with E-state index in [4.69, 9.17) is 5.26 Å². The molecule has 1 aliphatic heterocycles. The number of nitrogens with zero attached hydrogens (tertiary/aromatic N) is 2. The molecule has 2 N–H and O–H groups in total. The molecule has 1 aliphatic rings. The first kappa shape index (κ1) is 9.46. The molecule has 0 aromatic heterocycles. The van der Waals surface area contributed by atoms with Crippen molar-refractivity contribution in [2.45, 2.75) is 31.6 Å². The maximum absolute atomic E-state index is 9.21. The Morgan fingerprint density at radius 1 is 1.50 bits per heavy atom. The standard InChI is InChI=1S/C8H14N2O2/c1-2-6(3-9)10-4-7(11)8(12)5-10/h6-8,11-12H,2,4-5H2,1H3. The fourth-order valence-electron chi connectivity index (χ4n) is 1.48. The molecule has 0 aromatic carbocycles. The molecule has 0 amide bonds. The van der Waals surface area contributed by atoms with Gasteiger partial charge in [-0.25, -0.2) is 0 Å². The molecule has 4 nitrogen and oxygen atoms in total. The first-order chi connectivity index (χ1) is 5.69. The number of likely N-dealkylation sites (tertiary alicyclic amines) is 1. The van der Waals surface area contributed by atoms with Gasteiger partial charge in [-0.15, -0.1) is 0 Å². The van der Waals surface area contributed by atoms with Gasteiger partial charge in [0.2, 0.25) is 0 Å². The van der Waals surface area contributed by atoms with Gasteiger partial charge in [0.25, 0.3) is 0 Å². The monoisotopic (exact) mass is 170 g/mol. The predicted octanol–water partition coefficient (Wildman–Crippen LogP) is -0.674. The molecule has 0 spiro atoms. The average Bonchev–Trinajstić information content (AvgIpc) is 2.35. The van der Waals surface area contributed by atoms with E-state index in [2.05, 4.69) is 6.07 Å². The van der Waals surface area contributed by atoms with Crippen LogP contribution in [0.2, 0.25) is 0 Å². The van der Waals surface area contributed by atoms with Crippen LogP contribution in [0.1, 0.15) is 13.3 Å². The Hall–Kier alpha value is -0.630. The number of hydrogen-bond acceptors (Lipinski definition) is 4. The van der Waals surface area contributed by atoms with Crippen LogP contribution >= 0.6 is 0 Å². The van der Waals surface area contributed by atoms with Crippen molar-refractivity contribution in [1.29, 1.82) is 5.26 Å². The summed E-state index contributed by atoms with van der Waals surface area (Å²) >= 11 is 0. The zero-order chi connectivity index (χ0) is 9.14. The van der Waals surface area contributed by atoms with Crippen LogP contribution in [-0.2, 0) is 0 Å². The van der Waals surface area contributed by atoms with E-state index in [1.54, 1.807) is 0 Å². The van der Waals surface area contributed by atoms with Crippen molar-refractivity contribution in [3.8, 4) is 6.07 Å². The Balaban J connectivity index is 2.51. The zero-order valence-electron chi connectivity index (χ0n) is 7.14. The highest BCUT2D eigenvalue weighted by atomic mass is 16.3. The molecular weight excluding hydrogens is 156 g/mol. The van der Waals surface area contributed by atoms with Crippen molar-refractivity contribution in [2.24, 2.45) is 0 Å². The first-order valence-electron chi connectivity index (χ1n) is 4.18. The number of aliphatic hydroxyl groups is 2. The van der Waals surface area contributed by atoms with Gasteiger partial charge in [0, 0.05) is 13.1 Å². The number of aliphatic hydroxyl groups excluding tert-OH is 2. The van der Waals surface area contributed by atoms with Gasteiger partial charge in [-0.3, -0.25) is 4.90 Å². The maximum Gasteiger partial charge on any atom is 0.0977 e. The summed E-state index contributed by atoms with van der Waals surface area (Å²) in [5.74, 6) is 0. The fraction of sp³-hybridized carbons (Fsp3) is 0.875. The zero-order valence-corrected chi connectivity index (χ0v) is 7.14. The van der Waals surface area contributed by atoms with Gasteiger partial charge in [0.1, 0.15) is 0 Å². The molecule has 0 bridgehead atoms. The van der Waals surface area contributed by atoms with Crippen molar-refractivity contribution >= 4 is 0 Å². The lowest BCUT2D eigenvalue weighted by atomic mass is 10.2. The van der Waals surface area contributed by atoms with Gasteiger partial charge < -0.3 is 10.2 Å². The second-order valence-corrected chi connectivity index (χ2v) is 3.14. The van der Waals surface area contributed by atoms with Gasteiger partial charge in [-0.1, -0.05) is 6.92 Å². The fourth-order valence-corrected chi connectivity index (χ4v) is 1.48. The lowest BCUT2D eigenvalue weighted by molar-refractivity contribution is 0.0572. The van der Waals surface area contributed by atoms with Gasteiger partial charge in [0.05, 0.1) is 24.3 Å². The molecule has 0 radical (unpaired) electrons. The van der Waals surface area contributed by atoms with E-state index in [1.807, 2.05) is 11.8 Å². The molecule has 0 aromatic rings. The van der Waals surface area contributed by atoms with Gasteiger partial charge in [-0.2, -0.15) is 5.26 Å². The van der Waals surface area contributed by atoms with Crippen molar-refractivity contribution in [2.75, 3.05) is 13.1 Å². The minimum absolute atomic E-state index is 0.170. The Labute approximate surface area is 72.0 Å². The summed E-state index contributed by atoms with van der Waals surface area (Å²) in [4.78, 5) is 1.81.